The van der Waals surface area contributed by atoms with Crippen molar-refractivity contribution in [1.29, 1.82) is 0 Å². The Kier molecular flexibility index (Phi) is 8.56. The predicted octanol–water partition coefficient (Wildman–Crippen LogP) is 3.74. The van der Waals surface area contributed by atoms with E-state index in [-0.39, 0.29) is 12.0 Å². The van der Waals surface area contributed by atoms with Crippen molar-refractivity contribution in [3.05, 3.63) is 65.5 Å². The van der Waals surface area contributed by atoms with Gasteiger partial charge in [0, 0.05) is 32.3 Å². The van der Waals surface area contributed by atoms with E-state index in [1.54, 1.807) is 13.3 Å². The quantitative estimate of drug-likeness (QED) is 0.787. The normalized spacial score (nSPS) is 18.7. The van der Waals surface area contributed by atoms with Gasteiger partial charge in [0.1, 0.15) is 5.69 Å². The minimum atomic E-state index is -5.08. The van der Waals surface area contributed by atoms with Crippen LogP contribution in [0.5, 0.6) is 0 Å². The van der Waals surface area contributed by atoms with Gasteiger partial charge in [0.15, 0.2) is 0 Å². The van der Waals surface area contributed by atoms with E-state index in [2.05, 4.69) is 29.2 Å². The molecule has 1 aromatic heterocycles. The standard InChI is InChI=1S/C20H24N2O2.C2HF3O2/c1-15-8-9-18(21-13-15)20(23)22-11-10-19(24-2)17(14-22)12-16-6-4-3-5-7-16;3-2(4,5)1(6)7/h3-9,13,17,19H,10-12,14H2,1-2H3;(H,6,7)/t17-,19+;/m0./s1. The molecule has 1 fully saturated rings. The van der Waals surface area contributed by atoms with Gasteiger partial charge in [0.05, 0.1) is 6.10 Å². The lowest BCUT2D eigenvalue weighted by molar-refractivity contribution is -0.192. The van der Waals surface area contributed by atoms with Crippen molar-refractivity contribution in [3.63, 3.8) is 0 Å². The molecule has 0 bridgehead atoms. The molecule has 1 saturated heterocycles. The van der Waals surface area contributed by atoms with Crippen LogP contribution in [0.1, 0.15) is 28.0 Å². The number of carboxylic acids is 1. The average molecular weight is 438 g/mol. The summed E-state index contributed by atoms with van der Waals surface area (Å²) in [7, 11) is 1.77. The number of piperidine rings is 1. The summed E-state index contributed by atoms with van der Waals surface area (Å²) < 4.78 is 37.4. The fourth-order valence-corrected chi connectivity index (χ4v) is 3.37. The Morgan fingerprint density at radius 1 is 1.19 bits per heavy atom. The van der Waals surface area contributed by atoms with Crippen LogP contribution in [-0.2, 0) is 16.0 Å². The van der Waals surface area contributed by atoms with Gasteiger partial charge >= 0.3 is 12.1 Å². The van der Waals surface area contributed by atoms with Crippen LogP contribution in [0.4, 0.5) is 13.2 Å². The van der Waals surface area contributed by atoms with E-state index in [1.807, 2.05) is 30.0 Å². The first-order chi connectivity index (χ1) is 14.6. The predicted molar refractivity (Wildman–Crippen MR) is 108 cm³/mol. The molecule has 1 amide bonds. The largest absolute Gasteiger partial charge is 0.490 e. The number of amides is 1. The van der Waals surface area contributed by atoms with Gasteiger partial charge in [-0.2, -0.15) is 13.2 Å². The van der Waals surface area contributed by atoms with Gasteiger partial charge in [-0.1, -0.05) is 36.4 Å². The molecule has 0 radical (unpaired) electrons. The zero-order chi connectivity index (χ0) is 23.0. The highest BCUT2D eigenvalue weighted by molar-refractivity contribution is 5.92. The maximum atomic E-state index is 12.7. The monoisotopic (exact) mass is 438 g/mol. The number of pyridine rings is 1. The number of nitrogens with zero attached hydrogens (tertiary/aromatic N) is 2. The summed E-state index contributed by atoms with van der Waals surface area (Å²) in [6.07, 6.45) is -1.35. The van der Waals surface area contributed by atoms with Crippen molar-refractivity contribution in [2.24, 2.45) is 5.92 Å². The SMILES string of the molecule is CO[C@@H]1CCN(C(=O)c2ccc(C)cn2)C[C@@H]1Cc1ccccc1.O=C(O)C(F)(F)F. The first-order valence-electron chi connectivity index (χ1n) is 9.70. The summed E-state index contributed by atoms with van der Waals surface area (Å²) in [5, 5.41) is 7.12. The van der Waals surface area contributed by atoms with Gasteiger partial charge in [-0.05, 0) is 37.0 Å². The van der Waals surface area contributed by atoms with Crippen LogP contribution in [0.3, 0.4) is 0 Å². The Morgan fingerprint density at radius 3 is 2.35 bits per heavy atom. The first-order valence-corrected chi connectivity index (χ1v) is 9.70. The third kappa shape index (κ3) is 7.36. The lowest BCUT2D eigenvalue weighted by Gasteiger charge is -2.38. The van der Waals surface area contributed by atoms with Gasteiger partial charge in [-0.3, -0.25) is 9.78 Å². The fraction of sp³-hybridized carbons (Fsp3) is 0.409. The highest BCUT2D eigenvalue weighted by atomic mass is 19.4. The van der Waals surface area contributed by atoms with Crippen molar-refractivity contribution in [3.8, 4) is 0 Å². The van der Waals surface area contributed by atoms with Crippen LogP contribution < -0.4 is 0 Å². The zero-order valence-corrected chi connectivity index (χ0v) is 17.3. The number of aryl methyl sites for hydroxylation is 1. The fourth-order valence-electron chi connectivity index (χ4n) is 3.37. The molecule has 2 heterocycles. The Labute approximate surface area is 178 Å². The number of halogens is 3. The van der Waals surface area contributed by atoms with Crippen molar-refractivity contribution in [2.75, 3.05) is 20.2 Å². The number of hydrogen-bond acceptors (Lipinski definition) is 4. The number of benzene rings is 1. The highest BCUT2D eigenvalue weighted by Gasteiger charge is 2.38. The Bertz CT molecular complexity index is 857. The van der Waals surface area contributed by atoms with Gasteiger partial charge in [-0.25, -0.2) is 4.79 Å². The summed E-state index contributed by atoms with van der Waals surface area (Å²) in [5.41, 5.74) is 2.87. The number of hydrogen-bond donors (Lipinski definition) is 1. The van der Waals surface area contributed by atoms with Crippen LogP contribution >= 0.6 is 0 Å². The van der Waals surface area contributed by atoms with E-state index in [4.69, 9.17) is 14.6 Å². The number of likely N-dealkylation sites (tertiary alicyclic amines) is 1. The highest BCUT2D eigenvalue weighted by Crippen LogP contribution is 2.24. The van der Waals surface area contributed by atoms with Gasteiger partial charge < -0.3 is 14.7 Å². The minimum absolute atomic E-state index is 0.0163. The van der Waals surface area contributed by atoms with Crippen molar-refractivity contribution >= 4 is 11.9 Å². The third-order valence-corrected chi connectivity index (χ3v) is 4.97. The molecule has 1 aliphatic rings. The molecular weight excluding hydrogens is 413 g/mol. The molecule has 0 spiro atoms. The van der Waals surface area contributed by atoms with Crippen LogP contribution in [0.15, 0.2) is 48.7 Å². The molecule has 2 atom stereocenters. The second-order valence-electron chi connectivity index (χ2n) is 7.29. The number of carboxylic acid groups (broad SMARTS) is 1. The number of aromatic nitrogens is 1. The van der Waals surface area contributed by atoms with Crippen molar-refractivity contribution in [2.45, 2.75) is 32.0 Å². The molecule has 168 valence electrons. The van der Waals surface area contributed by atoms with Crippen LogP contribution in [0.2, 0.25) is 0 Å². The number of carbonyl (C=O) groups is 2. The van der Waals surface area contributed by atoms with Crippen LogP contribution in [0, 0.1) is 12.8 Å². The summed E-state index contributed by atoms with van der Waals surface area (Å²) in [6.45, 7) is 3.40. The summed E-state index contributed by atoms with van der Waals surface area (Å²) >= 11 is 0. The van der Waals surface area contributed by atoms with E-state index in [1.165, 1.54) is 5.56 Å². The molecule has 1 aromatic carbocycles. The van der Waals surface area contributed by atoms with Crippen molar-refractivity contribution in [1.82, 2.24) is 9.88 Å². The molecule has 2 aromatic rings. The van der Waals surface area contributed by atoms with E-state index in [0.29, 0.717) is 18.2 Å². The second kappa shape index (κ2) is 10.9. The molecule has 0 aliphatic carbocycles. The number of carbonyl (C=O) groups excluding carboxylic acids is 1. The maximum absolute atomic E-state index is 12.7. The molecule has 0 saturated carbocycles. The maximum Gasteiger partial charge on any atom is 0.490 e. The average Bonchev–Trinajstić information content (AvgIpc) is 2.74. The number of methoxy groups -OCH3 is 1. The van der Waals surface area contributed by atoms with E-state index < -0.39 is 12.1 Å². The smallest absolute Gasteiger partial charge is 0.475 e. The number of aliphatic carboxylic acids is 1. The molecule has 1 aliphatic heterocycles. The van der Waals surface area contributed by atoms with E-state index >= 15 is 0 Å². The third-order valence-electron chi connectivity index (χ3n) is 4.97. The number of alkyl halides is 3. The molecule has 0 unspecified atom stereocenters. The Balaban J connectivity index is 0.000000423. The van der Waals surface area contributed by atoms with Gasteiger partial charge in [-0.15, -0.1) is 0 Å². The summed E-state index contributed by atoms with van der Waals surface area (Å²) in [5.74, 6) is -2.43. The number of ether oxygens (including phenoxy) is 1. The minimum Gasteiger partial charge on any atom is -0.475 e. The Morgan fingerprint density at radius 2 is 1.84 bits per heavy atom. The van der Waals surface area contributed by atoms with Gasteiger partial charge in [0.25, 0.3) is 5.91 Å². The lowest BCUT2D eigenvalue weighted by atomic mass is 9.88. The molecule has 1 N–H and O–H groups in total. The zero-order valence-electron chi connectivity index (χ0n) is 17.3. The molecular formula is C22H25F3N2O4. The lowest BCUT2D eigenvalue weighted by Crippen LogP contribution is -2.47. The first kappa shape index (κ1) is 24.3. The molecule has 3 rings (SSSR count). The van der Waals surface area contributed by atoms with E-state index in [9.17, 15) is 18.0 Å². The van der Waals surface area contributed by atoms with Crippen LogP contribution in [0.25, 0.3) is 0 Å². The van der Waals surface area contributed by atoms with Crippen molar-refractivity contribution < 1.29 is 32.6 Å². The second-order valence-corrected chi connectivity index (χ2v) is 7.29. The van der Waals surface area contributed by atoms with Gasteiger partial charge in [0.2, 0.25) is 0 Å². The van der Waals surface area contributed by atoms with Crippen LogP contribution in [-0.4, -0.2) is 59.3 Å². The Hall–Kier alpha value is -2.94. The molecule has 9 heteroatoms. The van der Waals surface area contributed by atoms with E-state index in [0.717, 1.165) is 24.9 Å². The molecule has 31 heavy (non-hydrogen) atoms. The molecule has 6 nitrogen and oxygen atoms in total. The number of rotatable bonds is 4. The summed E-state index contributed by atoms with van der Waals surface area (Å²) in [4.78, 5) is 27.8. The summed E-state index contributed by atoms with van der Waals surface area (Å²) in [6, 6.07) is 14.1. The topological polar surface area (TPSA) is 79.7 Å².